The summed E-state index contributed by atoms with van der Waals surface area (Å²) in [5.41, 5.74) is 1.87. The van der Waals surface area contributed by atoms with Crippen LogP contribution in [0.5, 0.6) is 0 Å². The molecule has 0 radical (unpaired) electrons. The highest BCUT2D eigenvalue weighted by atomic mass is 32.2. The van der Waals surface area contributed by atoms with E-state index in [0.717, 1.165) is 16.0 Å². The summed E-state index contributed by atoms with van der Waals surface area (Å²) in [6.07, 6.45) is 3.56. The molecule has 0 aromatic carbocycles. The molecule has 0 atom stereocenters. The molecular formula is C8H11NOS. The third-order valence-corrected chi connectivity index (χ3v) is 2.71. The van der Waals surface area contributed by atoms with Gasteiger partial charge in [0, 0.05) is 23.4 Å². The molecule has 0 aliphatic rings. The molecule has 2 nitrogen and oxygen atoms in total. The zero-order chi connectivity index (χ0) is 8.43. The van der Waals surface area contributed by atoms with Gasteiger partial charge in [0.25, 0.3) is 0 Å². The molecule has 3 heteroatoms. The second-order valence-corrected chi connectivity index (χ2v) is 3.27. The van der Waals surface area contributed by atoms with Gasteiger partial charge in [0.1, 0.15) is 0 Å². The lowest BCUT2D eigenvalue weighted by atomic mass is 10.2. The molecule has 0 fully saturated rings. The van der Waals surface area contributed by atoms with Gasteiger partial charge >= 0.3 is 0 Å². The number of rotatable bonds is 1. The molecule has 0 aliphatic heterocycles. The Morgan fingerprint density at radius 3 is 2.64 bits per heavy atom. The van der Waals surface area contributed by atoms with E-state index in [1.54, 1.807) is 18.0 Å². The van der Waals surface area contributed by atoms with Crippen molar-refractivity contribution in [3.05, 3.63) is 28.7 Å². The quantitative estimate of drug-likeness (QED) is 0.363. The Balaban J connectivity index is 3.25. The maximum Gasteiger partial charge on any atom is 0.193 e. The highest BCUT2D eigenvalue weighted by Gasteiger charge is 2.06. The second-order valence-electron chi connectivity index (χ2n) is 2.42. The minimum Gasteiger partial charge on any atom is -0.619 e. The van der Waals surface area contributed by atoms with Crippen LogP contribution in [0.4, 0.5) is 0 Å². The van der Waals surface area contributed by atoms with Crippen molar-refractivity contribution in [1.29, 1.82) is 0 Å². The Hall–Kier alpha value is -0.700. The van der Waals surface area contributed by atoms with Crippen LogP contribution < -0.4 is 4.73 Å². The Labute approximate surface area is 70.8 Å². The first-order valence-electron chi connectivity index (χ1n) is 3.40. The van der Waals surface area contributed by atoms with Crippen LogP contribution in [0.25, 0.3) is 0 Å². The van der Waals surface area contributed by atoms with E-state index in [0.29, 0.717) is 0 Å². The fraction of sp³-hybridized carbons (Fsp3) is 0.375. The van der Waals surface area contributed by atoms with Gasteiger partial charge in [0.2, 0.25) is 0 Å². The summed E-state index contributed by atoms with van der Waals surface area (Å²) in [6.45, 7) is 3.80. The van der Waals surface area contributed by atoms with Gasteiger partial charge in [-0.3, -0.25) is 0 Å². The zero-order valence-corrected chi connectivity index (χ0v) is 7.73. The van der Waals surface area contributed by atoms with Crippen molar-refractivity contribution in [1.82, 2.24) is 0 Å². The van der Waals surface area contributed by atoms with Crippen LogP contribution in [0.2, 0.25) is 0 Å². The van der Waals surface area contributed by atoms with E-state index < -0.39 is 0 Å². The summed E-state index contributed by atoms with van der Waals surface area (Å²) in [7, 11) is 0. The molecule has 0 bridgehead atoms. The Bertz CT molecular complexity index is 273. The average molecular weight is 169 g/mol. The van der Waals surface area contributed by atoms with Crippen molar-refractivity contribution in [3.8, 4) is 0 Å². The third kappa shape index (κ3) is 1.48. The summed E-state index contributed by atoms with van der Waals surface area (Å²) >= 11 is 1.67. The van der Waals surface area contributed by atoms with E-state index in [4.69, 9.17) is 0 Å². The topological polar surface area (TPSA) is 26.9 Å². The lowest BCUT2D eigenvalue weighted by Gasteiger charge is -2.05. The van der Waals surface area contributed by atoms with Gasteiger partial charge < -0.3 is 5.21 Å². The Kier molecular flexibility index (Phi) is 2.39. The summed E-state index contributed by atoms with van der Waals surface area (Å²) in [6, 6.07) is 1.85. The van der Waals surface area contributed by atoms with Gasteiger partial charge in [0.15, 0.2) is 11.9 Å². The molecule has 1 rings (SSSR count). The summed E-state index contributed by atoms with van der Waals surface area (Å²) < 4.78 is 0.898. The lowest BCUT2D eigenvalue weighted by molar-refractivity contribution is -0.613. The highest BCUT2D eigenvalue weighted by Crippen LogP contribution is 2.19. The predicted octanol–water partition coefficient (Wildman–Crippen LogP) is 1.66. The minimum absolute atomic E-state index is 0.789. The Morgan fingerprint density at radius 2 is 2.09 bits per heavy atom. The van der Waals surface area contributed by atoms with Gasteiger partial charge in [-0.2, -0.15) is 4.73 Å². The summed E-state index contributed by atoms with van der Waals surface area (Å²) in [5, 5.41) is 11.0. The number of pyridine rings is 1. The highest BCUT2D eigenvalue weighted by molar-refractivity contribution is 7.98. The van der Waals surface area contributed by atoms with E-state index in [2.05, 4.69) is 0 Å². The molecule has 1 heterocycles. The summed E-state index contributed by atoms with van der Waals surface area (Å²) in [5.74, 6) is 0. The monoisotopic (exact) mass is 169 g/mol. The van der Waals surface area contributed by atoms with Crippen LogP contribution in [-0.2, 0) is 0 Å². The lowest BCUT2D eigenvalue weighted by Crippen LogP contribution is -2.30. The fourth-order valence-electron chi connectivity index (χ4n) is 0.937. The Morgan fingerprint density at radius 1 is 1.45 bits per heavy atom. The largest absolute Gasteiger partial charge is 0.619 e. The van der Waals surface area contributed by atoms with Crippen LogP contribution in [0.15, 0.2) is 17.2 Å². The predicted molar refractivity (Wildman–Crippen MR) is 46.7 cm³/mol. The van der Waals surface area contributed by atoms with Crippen molar-refractivity contribution >= 4 is 11.8 Å². The van der Waals surface area contributed by atoms with E-state index in [1.807, 2.05) is 26.2 Å². The smallest absolute Gasteiger partial charge is 0.193 e. The molecule has 0 saturated heterocycles. The van der Waals surface area contributed by atoms with Crippen LogP contribution in [0.1, 0.15) is 11.3 Å². The van der Waals surface area contributed by atoms with Gasteiger partial charge in [0.05, 0.1) is 0 Å². The number of nitrogens with zero attached hydrogens (tertiary/aromatic N) is 1. The number of hydrogen-bond donors (Lipinski definition) is 0. The van der Waals surface area contributed by atoms with Crippen LogP contribution in [0.3, 0.4) is 0 Å². The van der Waals surface area contributed by atoms with Gasteiger partial charge in [-0.1, -0.05) is 0 Å². The molecule has 0 unspecified atom stereocenters. The molecule has 1 aromatic heterocycles. The van der Waals surface area contributed by atoms with Gasteiger partial charge in [-0.25, -0.2) is 0 Å². The maximum atomic E-state index is 11.0. The van der Waals surface area contributed by atoms with Crippen molar-refractivity contribution in [2.45, 2.75) is 18.7 Å². The molecular weight excluding hydrogens is 158 g/mol. The first-order valence-corrected chi connectivity index (χ1v) is 4.62. The van der Waals surface area contributed by atoms with E-state index in [-0.39, 0.29) is 0 Å². The fourth-order valence-corrected chi connectivity index (χ4v) is 1.59. The van der Waals surface area contributed by atoms with Crippen LogP contribution >= 0.6 is 11.8 Å². The molecule has 0 spiro atoms. The van der Waals surface area contributed by atoms with Gasteiger partial charge in [-0.05, 0) is 13.2 Å². The molecule has 0 N–H and O–H groups in total. The summed E-state index contributed by atoms with van der Waals surface area (Å²) in [4.78, 5) is 1.18. The van der Waals surface area contributed by atoms with E-state index in [9.17, 15) is 5.21 Å². The van der Waals surface area contributed by atoms with Crippen molar-refractivity contribution in [2.24, 2.45) is 0 Å². The van der Waals surface area contributed by atoms with Crippen molar-refractivity contribution in [2.75, 3.05) is 6.26 Å². The minimum atomic E-state index is 0.789. The maximum absolute atomic E-state index is 11.0. The van der Waals surface area contributed by atoms with Crippen molar-refractivity contribution in [3.63, 3.8) is 0 Å². The molecule has 0 amide bonds. The van der Waals surface area contributed by atoms with Crippen molar-refractivity contribution < 1.29 is 4.73 Å². The third-order valence-electron chi connectivity index (χ3n) is 1.82. The number of hydrogen-bond acceptors (Lipinski definition) is 2. The number of thioether (sulfide) groups is 1. The van der Waals surface area contributed by atoms with E-state index in [1.165, 1.54) is 4.90 Å². The van der Waals surface area contributed by atoms with Gasteiger partial charge in [-0.15, -0.1) is 11.8 Å². The number of aromatic nitrogens is 1. The normalized spacial score (nSPS) is 10.1. The zero-order valence-electron chi connectivity index (χ0n) is 6.92. The first kappa shape index (κ1) is 8.40. The second kappa shape index (κ2) is 3.13. The molecule has 11 heavy (non-hydrogen) atoms. The SMILES string of the molecule is CSc1cc[n+]([O-])c(C)c1C. The molecule has 0 saturated carbocycles. The average Bonchev–Trinajstić information content (AvgIpc) is 2.01. The standard InChI is InChI=1S/C8H11NOS/c1-6-7(2)9(10)5-4-8(6)11-3/h4-5H,1-3H3. The molecule has 60 valence electrons. The molecule has 1 aromatic rings. The van der Waals surface area contributed by atoms with Crippen LogP contribution in [0, 0.1) is 19.1 Å². The first-order chi connectivity index (χ1) is 5.16. The van der Waals surface area contributed by atoms with Crippen LogP contribution in [-0.4, -0.2) is 6.26 Å². The molecule has 0 aliphatic carbocycles. The van der Waals surface area contributed by atoms with E-state index >= 15 is 0 Å².